The van der Waals surface area contributed by atoms with Crippen LogP contribution in [0.2, 0.25) is 0 Å². The summed E-state index contributed by atoms with van der Waals surface area (Å²) >= 11 is 0. The van der Waals surface area contributed by atoms with Crippen LogP contribution in [0.15, 0.2) is 30.3 Å². The van der Waals surface area contributed by atoms with Crippen molar-refractivity contribution < 1.29 is 4.84 Å². The lowest BCUT2D eigenvalue weighted by molar-refractivity contribution is 0.0935. The zero-order valence-electron chi connectivity index (χ0n) is 12.9. The van der Waals surface area contributed by atoms with E-state index in [4.69, 9.17) is 4.84 Å². The van der Waals surface area contributed by atoms with Crippen molar-refractivity contribution in [3.63, 3.8) is 0 Å². The molecule has 0 radical (unpaired) electrons. The maximum Gasteiger partial charge on any atom is 0.0751 e. The minimum absolute atomic E-state index is 0.686. The summed E-state index contributed by atoms with van der Waals surface area (Å²) in [6, 6.07) is 10.4. The average molecular weight is 276 g/mol. The van der Waals surface area contributed by atoms with Gasteiger partial charge < -0.3 is 4.90 Å². The number of rotatable bonds is 8. The normalized spacial score (nSPS) is 15.9. The van der Waals surface area contributed by atoms with E-state index in [-0.39, 0.29) is 0 Å². The maximum absolute atomic E-state index is 6.01. The van der Waals surface area contributed by atoms with Crippen LogP contribution < -0.4 is 5.06 Å². The average Bonchev–Trinajstić information content (AvgIpc) is 2.96. The van der Waals surface area contributed by atoms with Crippen LogP contribution >= 0.6 is 0 Å². The first-order chi connectivity index (χ1) is 9.75. The molecule has 0 aromatic heterocycles. The van der Waals surface area contributed by atoms with Gasteiger partial charge in [-0.05, 0) is 50.4 Å². The van der Waals surface area contributed by atoms with E-state index in [2.05, 4.69) is 54.1 Å². The molecule has 1 aliphatic heterocycles. The van der Waals surface area contributed by atoms with Crippen molar-refractivity contribution in [3.05, 3.63) is 30.3 Å². The summed E-state index contributed by atoms with van der Waals surface area (Å²) in [5.74, 6) is 0.686. The van der Waals surface area contributed by atoms with Gasteiger partial charge in [0, 0.05) is 6.54 Å². The largest absolute Gasteiger partial charge is 0.301 e. The molecule has 20 heavy (non-hydrogen) atoms. The Bertz CT molecular complexity index is 361. The van der Waals surface area contributed by atoms with Gasteiger partial charge in [0.05, 0.1) is 18.8 Å². The molecule has 1 heterocycles. The molecule has 1 aromatic carbocycles. The summed E-state index contributed by atoms with van der Waals surface area (Å²) in [7, 11) is 0. The summed E-state index contributed by atoms with van der Waals surface area (Å²) in [4.78, 5) is 8.53. The molecular weight excluding hydrogens is 248 g/mol. The van der Waals surface area contributed by atoms with Gasteiger partial charge in [0.25, 0.3) is 0 Å². The lowest BCUT2D eigenvalue weighted by Gasteiger charge is -2.26. The summed E-state index contributed by atoms with van der Waals surface area (Å²) in [6.45, 7) is 9.80. The molecule has 3 nitrogen and oxygen atoms in total. The monoisotopic (exact) mass is 276 g/mol. The first-order valence-corrected chi connectivity index (χ1v) is 7.93. The van der Waals surface area contributed by atoms with E-state index < -0.39 is 0 Å². The third-order valence-corrected chi connectivity index (χ3v) is 3.80. The Morgan fingerprint density at radius 1 is 1.15 bits per heavy atom. The molecule has 0 spiro atoms. The molecule has 1 aromatic rings. The molecule has 112 valence electrons. The lowest BCUT2D eigenvalue weighted by Crippen LogP contribution is -2.34. The maximum atomic E-state index is 6.01. The van der Waals surface area contributed by atoms with E-state index >= 15 is 0 Å². The first-order valence-electron chi connectivity index (χ1n) is 7.93. The van der Waals surface area contributed by atoms with Gasteiger partial charge in [0.15, 0.2) is 0 Å². The summed E-state index contributed by atoms with van der Waals surface area (Å²) < 4.78 is 0. The highest BCUT2D eigenvalue weighted by Crippen LogP contribution is 2.15. The SMILES string of the molecule is CC(C)CCON(CCN1CCCC1)c1ccccc1. The van der Waals surface area contributed by atoms with Crippen molar-refractivity contribution in [2.45, 2.75) is 33.1 Å². The van der Waals surface area contributed by atoms with Crippen LogP contribution in [0.5, 0.6) is 0 Å². The molecule has 2 rings (SSSR count). The summed E-state index contributed by atoms with van der Waals surface area (Å²) in [5.41, 5.74) is 1.16. The molecule has 0 unspecified atom stereocenters. The standard InChI is InChI=1S/C17H28N2O/c1-16(2)10-15-20-19(17-8-4-3-5-9-17)14-13-18-11-6-7-12-18/h3-5,8-9,16H,6-7,10-15H2,1-2H3. The third-order valence-electron chi connectivity index (χ3n) is 3.80. The van der Waals surface area contributed by atoms with Crippen molar-refractivity contribution in [2.24, 2.45) is 5.92 Å². The van der Waals surface area contributed by atoms with Crippen LogP contribution in [-0.4, -0.2) is 37.7 Å². The van der Waals surface area contributed by atoms with Crippen LogP contribution in [0, 0.1) is 5.92 Å². The number of nitrogens with zero attached hydrogens (tertiary/aromatic N) is 2. The van der Waals surface area contributed by atoms with Gasteiger partial charge >= 0.3 is 0 Å². The lowest BCUT2D eigenvalue weighted by atomic mass is 10.1. The van der Waals surface area contributed by atoms with Gasteiger partial charge in [-0.2, -0.15) is 0 Å². The Balaban J connectivity index is 1.85. The van der Waals surface area contributed by atoms with Crippen molar-refractivity contribution in [3.8, 4) is 0 Å². The molecule has 0 amide bonds. The first kappa shape index (κ1) is 15.3. The van der Waals surface area contributed by atoms with Crippen LogP contribution in [0.1, 0.15) is 33.1 Å². The number of benzene rings is 1. The van der Waals surface area contributed by atoms with Crippen molar-refractivity contribution in [2.75, 3.05) is 37.8 Å². The van der Waals surface area contributed by atoms with E-state index in [1.165, 1.54) is 25.9 Å². The van der Waals surface area contributed by atoms with Gasteiger partial charge in [0.2, 0.25) is 0 Å². The molecule has 3 heteroatoms. The molecule has 0 saturated carbocycles. The van der Waals surface area contributed by atoms with E-state index in [0.717, 1.165) is 31.8 Å². The topological polar surface area (TPSA) is 15.7 Å². The van der Waals surface area contributed by atoms with Gasteiger partial charge in [-0.1, -0.05) is 32.0 Å². The summed E-state index contributed by atoms with van der Waals surface area (Å²) in [5, 5.41) is 2.07. The molecule has 0 aliphatic carbocycles. The third kappa shape index (κ3) is 5.14. The fraction of sp³-hybridized carbons (Fsp3) is 0.647. The zero-order valence-corrected chi connectivity index (χ0v) is 12.9. The molecular formula is C17H28N2O. The Labute approximate surface area is 123 Å². The Morgan fingerprint density at radius 2 is 1.85 bits per heavy atom. The van der Waals surface area contributed by atoms with E-state index in [9.17, 15) is 0 Å². The smallest absolute Gasteiger partial charge is 0.0751 e. The minimum atomic E-state index is 0.686. The van der Waals surface area contributed by atoms with Crippen LogP contribution in [-0.2, 0) is 4.84 Å². The van der Waals surface area contributed by atoms with Crippen molar-refractivity contribution in [1.82, 2.24) is 4.90 Å². The van der Waals surface area contributed by atoms with Crippen LogP contribution in [0.4, 0.5) is 5.69 Å². The molecule has 0 bridgehead atoms. The molecule has 1 fully saturated rings. The number of hydroxylamine groups is 1. The fourth-order valence-corrected chi connectivity index (χ4v) is 2.50. The van der Waals surface area contributed by atoms with Gasteiger partial charge in [0.1, 0.15) is 0 Å². The Hall–Kier alpha value is -1.06. The second kappa shape index (κ2) is 8.28. The van der Waals surface area contributed by atoms with Crippen LogP contribution in [0.25, 0.3) is 0 Å². The second-order valence-corrected chi connectivity index (χ2v) is 6.00. The molecule has 1 aliphatic rings. The van der Waals surface area contributed by atoms with Crippen molar-refractivity contribution in [1.29, 1.82) is 0 Å². The minimum Gasteiger partial charge on any atom is -0.301 e. The van der Waals surface area contributed by atoms with Crippen molar-refractivity contribution >= 4 is 5.69 Å². The number of anilines is 1. The fourth-order valence-electron chi connectivity index (χ4n) is 2.50. The predicted octanol–water partition coefficient (Wildman–Crippen LogP) is 3.57. The van der Waals surface area contributed by atoms with Gasteiger partial charge in [-0.15, -0.1) is 0 Å². The van der Waals surface area contributed by atoms with Gasteiger partial charge in [-0.3, -0.25) is 9.90 Å². The van der Waals surface area contributed by atoms with E-state index in [1.54, 1.807) is 0 Å². The Kier molecular flexibility index (Phi) is 6.34. The highest BCUT2D eigenvalue weighted by molar-refractivity contribution is 5.43. The summed E-state index contributed by atoms with van der Waals surface area (Å²) in [6.07, 6.45) is 3.80. The molecule has 1 saturated heterocycles. The zero-order chi connectivity index (χ0) is 14.2. The van der Waals surface area contributed by atoms with Gasteiger partial charge in [-0.25, -0.2) is 0 Å². The highest BCUT2D eigenvalue weighted by atomic mass is 16.7. The molecule has 0 N–H and O–H groups in total. The highest BCUT2D eigenvalue weighted by Gasteiger charge is 2.14. The van der Waals surface area contributed by atoms with E-state index in [0.29, 0.717) is 5.92 Å². The molecule has 0 atom stereocenters. The van der Waals surface area contributed by atoms with E-state index in [1.807, 2.05) is 0 Å². The predicted molar refractivity (Wildman–Crippen MR) is 84.9 cm³/mol. The number of para-hydroxylation sites is 1. The number of hydrogen-bond acceptors (Lipinski definition) is 3. The van der Waals surface area contributed by atoms with Crippen LogP contribution in [0.3, 0.4) is 0 Å². The second-order valence-electron chi connectivity index (χ2n) is 6.00. The number of likely N-dealkylation sites (tertiary alicyclic amines) is 1. The Morgan fingerprint density at radius 3 is 2.50 bits per heavy atom. The number of hydrogen-bond donors (Lipinski definition) is 0. The quantitative estimate of drug-likeness (QED) is 0.675.